The number of carbonyl (C=O) groups is 1. The highest BCUT2D eigenvalue weighted by Gasteiger charge is 2.10. The van der Waals surface area contributed by atoms with Crippen LogP contribution in [0.5, 0.6) is 11.5 Å². The van der Waals surface area contributed by atoms with Crippen molar-refractivity contribution in [2.45, 2.75) is 25.7 Å². The van der Waals surface area contributed by atoms with E-state index < -0.39 is 0 Å². The van der Waals surface area contributed by atoms with E-state index in [1.807, 2.05) is 25.1 Å². The van der Waals surface area contributed by atoms with Crippen molar-refractivity contribution < 1.29 is 18.7 Å². The van der Waals surface area contributed by atoms with Gasteiger partial charge in [0, 0.05) is 13.0 Å². The number of hydrogen-bond acceptors (Lipinski definition) is 3. The number of rotatable bonds is 8. The molecule has 134 valence electrons. The minimum Gasteiger partial charge on any atom is -0.493 e. The summed E-state index contributed by atoms with van der Waals surface area (Å²) >= 11 is 0. The van der Waals surface area contributed by atoms with E-state index >= 15 is 0 Å². The fourth-order valence-electron chi connectivity index (χ4n) is 2.56. The maximum atomic E-state index is 12.9. The first kappa shape index (κ1) is 18.8. The van der Waals surface area contributed by atoms with Crippen LogP contribution in [0.4, 0.5) is 4.39 Å². The first-order valence-electron chi connectivity index (χ1n) is 8.26. The van der Waals surface area contributed by atoms with Crippen molar-refractivity contribution >= 4 is 5.91 Å². The van der Waals surface area contributed by atoms with Gasteiger partial charge in [0.05, 0.1) is 14.2 Å². The summed E-state index contributed by atoms with van der Waals surface area (Å²) in [6.07, 6.45) is 1.02. The topological polar surface area (TPSA) is 47.6 Å². The standard InChI is InChI=1S/C20H24FNO3/c1-14(16-6-8-17(21)9-7-16)13-22-20(23)11-5-15-4-10-18(24-2)19(12-15)25-3/h4,6-10,12,14H,5,11,13H2,1-3H3,(H,22,23). The summed E-state index contributed by atoms with van der Waals surface area (Å²) in [5, 5.41) is 2.93. The lowest BCUT2D eigenvalue weighted by molar-refractivity contribution is -0.121. The van der Waals surface area contributed by atoms with Gasteiger partial charge in [-0.05, 0) is 47.7 Å². The Bertz CT molecular complexity index is 701. The second-order valence-electron chi connectivity index (χ2n) is 5.95. The fraction of sp³-hybridized carbons (Fsp3) is 0.350. The second kappa shape index (κ2) is 9.06. The molecule has 0 saturated carbocycles. The van der Waals surface area contributed by atoms with Crippen molar-refractivity contribution in [1.82, 2.24) is 5.32 Å². The molecule has 0 aromatic heterocycles. The van der Waals surface area contributed by atoms with Crippen LogP contribution in [0.25, 0.3) is 0 Å². The highest BCUT2D eigenvalue weighted by atomic mass is 19.1. The SMILES string of the molecule is COc1ccc(CCC(=O)NCC(C)c2ccc(F)cc2)cc1OC. The average Bonchev–Trinajstić information content (AvgIpc) is 2.64. The smallest absolute Gasteiger partial charge is 0.220 e. The van der Waals surface area contributed by atoms with Crippen LogP contribution in [0.15, 0.2) is 42.5 Å². The van der Waals surface area contributed by atoms with E-state index in [9.17, 15) is 9.18 Å². The zero-order valence-corrected chi connectivity index (χ0v) is 14.8. The lowest BCUT2D eigenvalue weighted by Crippen LogP contribution is -2.27. The first-order valence-corrected chi connectivity index (χ1v) is 8.26. The highest BCUT2D eigenvalue weighted by Crippen LogP contribution is 2.27. The molecule has 2 rings (SSSR count). The summed E-state index contributed by atoms with van der Waals surface area (Å²) < 4.78 is 23.4. The van der Waals surface area contributed by atoms with Gasteiger partial charge in [0.25, 0.3) is 0 Å². The Morgan fingerprint density at radius 2 is 1.76 bits per heavy atom. The van der Waals surface area contributed by atoms with Gasteiger partial charge in [-0.3, -0.25) is 4.79 Å². The Labute approximate surface area is 148 Å². The van der Waals surface area contributed by atoms with Crippen LogP contribution in [0, 0.1) is 5.82 Å². The van der Waals surface area contributed by atoms with Crippen LogP contribution in [0.2, 0.25) is 0 Å². The van der Waals surface area contributed by atoms with E-state index in [1.165, 1.54) is 12.1 Å². The molecule has 2 aromatic carbocycles. The molecule has 1 N–H and O–H groups in total. The molecule has 0 aliphatic carbocycles. The predicted molar refractivity (Wildman–Crippen MR) is 95.7 cm³/mol. The van der Waals surface area contributed by atoms with Crippen LogP contribution in [-0.4, -0.2) is 26.7 Å². The summed E-state index contributed by atoms with van der Waals surface area (Å²) in [4.78, 5) is 12.1. The summed E-state index contributed by atoms with van der Waals surface area (Å²) in [5.74, 6) is 1.19. The molecular weight excluding hydrogens is 321 g/mol. The third-order valence-corrected chi connectivity index (χ3v) is 4.13. The molecule has 0 bridgehead atoms. The van der Waals surface area contributed by atoms with Gasteiger partial charge in [0.1, 0.15) is 5.82 Å². The van der Waals surface area contributed by atoms with E-state index in [0.29, 0.717) is 30.9 Å². The molecule has 0 saturated heterocycles. The number of hydrogen-bond donors (Lipinski definition) is 1. The van der Waals surface area contributed by atoms with Crippen molar-refractivity contribution in [3.8, 4) is 11.5 Å². The first-order chi connectivity index (χ1) is 12.0. The number of ether oxygens (including phenoxy) is 2. The lowest BCUT2D eigenvalue weighted by Gasteiger charge is -2.13. The summed E-state index contributed by atoms with van der Waals surface area (Å²) in [6.45, 7) is 2.53. The van der Waals surface area contributed by atoms with E-state index in [-0.39, 0.29) is 17.6 Å². The summed E-state index contributed by atoms with van der Waals surface area (Å²) in [6, 6.07) is 12.0. The van der Waals surface area contributed by atoms with Crippen LogP contribution in [0.1, 0.15) is 30.4 Å². The number of aryl methyl sites for hydroxylation is 1. The zero-order valence-electron chi connectivity index (χ0n) is 14.8. The summed E-state index contributed by atoms with van der Waals surface area (Å²) in [5.41, 5.74) is 2.01. The van der Waals surface area contributed by atoms with Crippen molar-refractivity contribution in [3.05, 3.63) is 59.4 Å². The molecule has 1 atom stereocenters. The zero-order chi connectivity index (χ0) is 18.2. The lowest BCUT2D eigenvalue weighted by atomic mass is 10.0. The number of carbonyl (C=O) groups excluding carboxylic acids is 1. The Morgan fingerprint density at radius 3 is 2.40 bits per heavy atom. The number of halogens is 1. The van der Waals surface area contributed by atoms with Gasteiger partial charge in [-0.2, -0.15) is 0 Å². The largest absolute Gasteiger partial charge is 0.493 e. The van der Waals surface area contributed by atoms with Gasteiger partial charge < -0.3 is 14.8 Å². The maximum absolute atomic E-state index is 12.9. The van der Waals surface area contributed by atoms with E-state index in [2.05, 4.69) is 5.32 Å². The van der Waals surface area contributed by atoms with Gasteiger partial charge in [0.2, 0.25) is 5.91 Å². The highest BCUT2D eigenvalue weighted by molar-refractivity contribution is 5.76. The van der Waals surface area contributed by atoms with Crippen LogP contribution >= 0.6 is 0 Å². The van der Waals surface area contributed by atoms with Gasteiger partial charge in [-0.25, -0.2) is 4.39 Å². The Kier molecular flexibility index (Phi) is 6.81. The molecule has 0 aliphatic heterocycles. The number of methoxy groups -OCH3 is 2. The average molecular weight is 345 g/mol. The number of nitrogens with one attached hydrogen (secondary N) is 1. The molecule has 1 unspecified atom stereocenters. The molecule has 0 radical (unpaired) electrons. The fourth-order valence-corrected chi connectivity index (χ4v) is 2.56. The predicted octanol–water partition coefficient (Wildman–Crippen LogP) is 3.70. The third kappa shape index (κ3) is 5.48. The second-order valence-corrected chi connectivity index (χ2v) is 5.95. The van der Waals surface area contributed by atoms with E-state index in [4.69, 9.17) is 9.47 Å². The van der Waals surface area contributed by atoms with Crippen LogP contribution in [0.3, 0.4) is 0 Å². The minimum atomic E-state index is -0.255. The third-order valence-electron chi connectivity index (χ3n) is 4.13. The number of amides is 1. The monoisotopic (exact) mass is 345 g/mol. The van der Waals surface area contributed by atoms with Crippen molar-refractivity contribution in [3.63, 3.8) is 0 Å². The maximum Gasteiger partial charge on any atom is 0.220 e. The van der Waals surface area contributed by atoms with E-state index in [0.717, 1.165) is 11.1 Å². The van der Waals surface area contributed by atoms with Crippen molar-refractivity contribution in [1.29, 1.82) is 0 Å². The Morgan fingerprint density at radius 1 is 1.08 bits per heavy atom. The van der Waals surface area contributed by atoms with Gasteiger partial charge in [-0.15, -0.1) is 0 Å². The molecule has 0 spiro atoms. The molecule has 25 heavy (non-hydrogen) atoms. The Balaban J connectivity index is 1.81. The normalized spacial score (nSPS) is 11.7. The molecular formula is C20H24FNO3. The van der Waals surface area contributed by atoms with Crippen molar-refractivity contribution in [2.24, 2.45) is 0 Å². The van der Waals surface area contributed by atoms with Crippen molar-refractivity contribution in [2.75, 3.05) is 20.8 Å². The minimum absolute atomic E-state index is 0.0104. The summed E-state index contributed by atoms with van der Waals surface area (Å²) in [7, 11) is 3.18. The Hall–Kier alpha value is -2.56. The molecule has 2 aromatic rings. The molecule has 0 heterocycles. The van der Waals surface area contributed by atoms with Gasteiger partial charge in [-0.1, -0.05) is 25.1 Å². The molecule has 4 nitrogen and oxygen atoms in total. The molecule has 5 heteroatoms. The quantitative estimate of drug-likeness (QED) is 0.794. The van der Waals surface area contributed by atoms with Gasteiger partial charge in [0.15, 0.2) is 11.5 Å². The molecule has 0 aliphatic rings. The molecule has 0 fully saturated rings. The number of benzene rings is 2. The van der Waals surface area contributed by atoms with Gasteiger partial charge >= 0.3 is 0 Å². The van der Waals surface area contributed by atoms with Crippen LogP contribution < -0.4 is 14.8 Å². The van der Waals surface area contributed by atoms with Crippen LogP contribution in [-0.2, 0) is 11.2 Å². The van der Waals surface area contributed by atoms with E-state index in [1.54, 1.807) is 26.4 Å². The molecule has 1 amide bonds.